The van der Waals surface area contributed by atoms with Crippen molar-refractivity contribution in [2.24, 2.45) is 0 Å². The smallest absolute Gasteiger partial charge is 0.240 e. The van der Waals surface area contributed by atoms with E-state index in [9.17, 15) is 8.42 Å². The highest BCUT2D eigenvalue weighted by atomic mass is 32.2. The van der Waals surface area contributed by atoms with Gasteiger partial charge in [0.1, 0.15) is 12.4 Å². The first-order valence-electron chi connectivity index (χ1n) is 4.96. The monoisotopic (exact) mass is 260 g/mol. The van der Waals surface area contributed by atoms with E-state index in [1.54, 1.807) is 7.11 Å². The number of hydrogen-bond acceptors (Lipinski definition) is 5. The van der Waals surface area contributed by atoms with Crippen LogP contribution in [0.4, 0.5) is 5.69 Å². The van der Waals surface area contributed by atoms with Crippen molar-refractivity contribution in [3.05, 3.63) is 18.2 Å². The molecule has 0 aliphatic heterocycles. The van der Waals surface area contributed by atoms with Gasteiger partial charge in [-0.1, -0.05) is 0 Å². The summed E-state index contributed by atoms with van der Waals surface area (Å²) in [5.41, 5.74) is 6.06. The number of benzene rings is 1. The van der Waals surface area contributed by atoms with Gasteiger partial charge >= 0.3 is 0 Å². The van der Waals surface area contributed by atoms with Gasteiger partial charge in [0.05, 0.1) is 17.2 Å². The quantitative estimate of drug-likeness (QED) is 0.563. The third-order valence-electron chi connectivity index (χ3n) is 2.11. The van der Waals surface area contributed by atoms with Crippen LogP contribution in [0, 0.1) is 0 Å². The lowest BCUT2D eigenvalue weighted by atomic mass is 10.3. The maximum Gasteiger partial charge on any atom is 0.240 e. The lowest BCUT2D eigenvalue weighted by molar-refractivity contribution is 0.146. The van der Waals surface area contributed by atoms with Crippen LogP contribution in [0.5, 0.6) is 5.75 Å². The number of rotatable bonds is 6. The highest BCUT2D eigenvalue weighted by Crippen LogP contribution is 2.24. The van der Waals surface area contributed by atoms with Crippen molar-refractivity contribution < 1.29 is 17.9 Å². The molecule has 17 heavy (non-hydrogen) atoms. The summed E-state index contributed by atoms with van der Waals surface area (Å²) in [4.78, 5) is 0.113. The Balaban J connectivity index is 2.95. The molecule has 1 aromatic rings. The topological polar surface area (TPSA) is 90.7 Å². The van der Waals surface area contributed by atoms with Gasteiger partial charge in [0.2, 0.25) is 10.0 Å². The zero-order valence-corrected chi connectivity index (χ0v) is 10.6. The van der Waals surface area contributed by atoms with Crippen molar-refractivity contribution in [1.29, 1.82) is 0 Å². The molecule has 0 fully saturated rings. The Morgan fingerprint density at radius 3 is 2.65 bits per heavy atom. The summed E-state index contributed by atoms with van der Waals surface area (Å²) in [5.74, 6) is 0.332. The molecule has 1 rings (SSSR count). The molecule has 0 unspecified atom stereocenters. The summed E-state index contributed by atoms with van der Waals surface area (Å²) in [6.45, 7) is 0.714. The van der Waals surface area contributed by atoms with Gasteiger partial charge in [-0.25, -0.2) is 13.1 Å². The van der Waals surface area contributed by atoms with Crippen LogP contribution in [0.2, 0.25) is 0 Å². The Morgan fingerprint density at radius 1 is 1.35 bits per heavy atom. The fraction of sp³-hybridized carbons (Fsp3) is 0.400. The minimum absolute atomic E-state index is 0.113. The van der Waals surface area contributed by atoms with Gasteiger partial charge in [0.15, 0.2) is 0 Å². The van der Waals surface area contributed by atoms with E-state index in [0.717, 1.165) is 0 Å². The molecular weight excluding hydrogens is 244 g/mol. The molecule has 96 valence electrons. The second-order valence-corrected chi connectivity index (χ2v) is 5.13. The van der Waals surface area contributed by atoms with Gasteiger partial charge in [-0.15, -0.1) is 0 Å². The van der Waals surface area contributed by atoms with Crippen molar-refractivity contribution >= 4 is 15.7 Å². The van der Waals surface area contributed by atoms with Crippen LogP contribution in [0.15, 0.2) is 23.1 Å². The lowest BCUT2D eigenvalue weighted by Gasteiger charge is -2.10. The molecule has 0 radical (unpaired) electrons. The fourth-order valence-electron chi connectivity index (χ4n) is 1.16. The van der Waals surface area contributed by atoms with E-state index in [1.807, 2.05) is 0 Å². The molecule has 0 spiro atoms. The second-order valence-electron chi connectivity index (χ2n) is 3.25. The molecular formula is C10H16N2O4S. The second kappa shape index (κ2) is 5.85. The van der Waals surface area contributed by atoms with E-state index in [1.165, 1.54) is 25.2 Å². The van der Waals surface area contributed by atoms with Crippen LogP contribution in [0.3, 0.4) is 0 Å². The van der Waals surface area contributed by atoms with Crippen LogP contribution in [-0.2, 0) is 14.8 Å². The zero-order valence-electron chi connectivity index (χ0n) is 9.76. The highest BCUT2D eigenvalue weighted by molar-refractivity contribution is 7.89. The lowest BCUT2D eigenvalue weighted by Crippen LogP contribution is -2.18. The molecule has 0 saturated heterocycles. The Labute approximate surface area is 101 Å². The van der Waals surface area contributed by atoms with Gasteiger partial charge in [-0.3, -0.25) is 0 Å². The van der Waals surface area contributed by atoms with E-state index in [-0.39, 0.29) is 4.90 Å². The maximum atomic E-state index is 11.6. The average Bonchev–Trinajstić information content (AvgIpc) is 2.31. The first kappa shape index (κ1) is 13.8. The first-order valence-corrected chi connectivity index (χ1v) is 6.44. The number of nitrogens with two attached hydrogens (primary N) is 1. The molecule has 6 nitrogen and oxygen atoms in total. The van der Waals surface area contributed by atoms with E-state index in [0.29, 0.717) is 24.7 Å². The summed E-state index contributed by atoms with van der Waals surface area (Å²) in [6, 6.07) is 4.30. The van der Waals surface area contributed by atoms with Crippen LogP contribution in [0.25, 0.3) is 0 Å². The molecule has 3 N–H and O–H groups in total. The Kier molecular flexibility index (Phi) is 4.73. The van der Waals surface area contributed by atoms with Gasteiger partial charge in [-0.2, -0.15) is 0 Å². The van der Waals surface area contributed by atoms with Gasteiger partial charge in [0.25, 0.3) is 0 Å². The SMILES string of the molecule is CNS(=O)(=O)c1ccc(N)c(OCCOC)c1. The minimum atomic E-state index is -3.48. The number of nitrogen functional groups attached to an aromatic ring is 1. The zero-order chi connectivity index (χ0) is 12.9. The number of ether oxygens (including phenoxy) is 2. The molecule has 0 amide bonds. The van der Waals surface area contributed by atoms with Crippen molar-refractivity contribution in [1.82, 2.24) is 4.72 Å². The molecule has 0 atom stereocenters. The predicted molar refractivity (Wildman–Crippen MR) is 64.5 cm³/mol. The molecule has 1 aromatic carbocycles. The normalized spacial score (nSPS) is 11.4. The van der Waals surface area contributed by atoms with Crippen LogP contribution < -0.4 is 15.2 Å². The highest BCUT2D eigenvalue weighted by Gasteiger charge is 2.13. The van der Waals surface area contributed by atoms with Crippen molar-refractivity contribution in [2.75, 3.05) is 33.1 Å². The molecule has 0 heterocycles. The predicted octanol–water partition coefficient (Wildman–Crippen LogP) is 0.202. The average molecular weight is 260 g/mol. The maximum absolute atomic E-state index is 11.6. The Bertz CT molecular complexity index is 473. The molecule has 7 heteroatoms. The number of hydrogen-bond donors (Lipinski definition) is 2. The first-order chi connectivity index (χ1) is 8.01. The number of nitrogens with one attached hydrogen (secondary N) is 1. The molecule has 0 aliphatic rings. The van der Waals surface area contributed by atoms with Crippen molar-refractivity contribution in [3.8, 4) is 5.75 Å². The molecule has 0 bridgehead atoms. The van der Waals surface area contributed by atoms with E-state index in [4.69, 9.17) is 15.2 Å². The summed E-state index contributed by atoms with van der Waals surface area (Å²) >= 11 is 0. The summed E-state index contributed by atoms with van der Waals surface area (Å²) < 4.78 is 35.5. The largest absolute Gasteiger partial charge is 0.489 e. The number of sulfonamides is 1. The van der Waals surface area contributed by atoms with E-state index >= 15 is 0 Å². The van der Waals surface area contributed by atoms with Gasteiger partial charge in [-0.05, 0) is 19.2 Å². The van der Waals surface area contributed by atoms with Gasteiger partial charge < -0.3 is 15.2 Å². The van der Waals surface area contributed by atoms with Crippen LogP contribution in [0.1, 0.15) is 0 Å². The van der Waals surface area contributed by atoms with Crippen LogP contribution >= 0.6 is 0 Å². The summed E-state index contributed by atoms with van der Waals surface area (Å²) in [7, 11) is -0.590. The fourth-order valence-corrected chi connectivity index (χ4v) is 1.90. The van der Waals surface area contributed by atoms with Crippen LogP contribution in [-0.4, -0.2) is 35.8 Å². The van der Waals surface area contributed by atoms with E-state index < -0.39 is 10.0 Å². The molecule has 0 aliphatic carbocycles. The summed E-state index contributed by atoms with van der Waals surface area (Å²) in [5, 5.41) is 0. The third kappa shape index (κ3) is 3.58. The number of anilines is 1. The Hall–Kier alpha value is -1.31. The Morgan fingerprint density at radius 2 is 2.06 bits per heavy atom. The van der Waals surface area contributed by atoms with Crippen molar-refractivity contribution in [3.63, 3.8) is 0 Å². The standard InChI is InChI=1S/C10H16N2O4S/c1-12-17(13,14)8-3-4-9(11)10(7-8)16-6-5-15-2/h3-4,7,12H,5-6,11H2,1-2H3. The minimum Gasteiger partial charge on any atom is -0.489 e. The summed E-state index contributed by atoms with van der Waals surface area (Å²) in [6.07, 6.45) is 0. The molecule has 0 aromatic heterocycles. The van der Waals surface area contributed by atoms with Crippen molar-refractivity contribution in [2.45, 2.75) is 4.90 Å². The van der Waals surface area contributed by atoms with Gasteiger partial charge in [0, 0.05) is 13.2 Å². The van der Waals surface area contributed by atoms with E-state index in [2.05, 4.69) is 4.72 Å². The number of methoxy groups -OCH3 is 1. The third-order valence-corrected chi connectivity index (χ3v) is 3.52. The molecule has 0 saturated carbocycles.